The Morgan fingerprint density at radius 3 is 2.83 bits per heavy atom. The molecule has 2 aliphatic rings. The predicted octanol–water partition coefficient (Wildman–Crippen LogP) is 2.80. The lowest BCUT2D eigenvalue weighted by molar-refractivity contribution is 0.0789. The number of thiophene rings is 1. The molecule has 1 fully saturated rings. The molecule has 5 rings (SSSR count). The minimum Gasteiger partial charge on any atom is -0.486 e. The molecule has 0 aliphatic carbocycles. The molecule has 7 nitrogen and oxygen atoms in total. The van der Waals surface area contributed by atoms with E-state index in [2.05, 4.69) is 4.98 Å². The van der Waals surface area contributed by atoms with E-state index < -0.39 is 5.91 Å². The Bertz CT molecular complexity index is 1130. The number of rotatable bonds is 3. The molecule has 0 radical (unpaired) electrons. The van der Waals surface area contributed by atoms with E-state index in [9.17, 15) is 9.59 Å². The number of amides is 2. The van der Waals surface area contributed by atoms with Crippen molar-refractivity contribution in [2.45, 2.75) is 12.3 Å². The van der Waals surface area contributed by atoms with E-state index >= 15 is 0 Å². The van der Waals surface area contributed by atoms with Gasteiger partial charge < -0.3 is 20.1 Å². The zero-order chi connectivity index (χ0) is 20.0. The number of aromatic nitrogens is 1. The number of likely N-dealkylation sites (tertiary alicyclic amines) is 1. The highest BCUT2D eigenvalue weighted by atomic mass is 32.1. The summed E-state index contributed by atoms with van der Waals surface area (Å²) < 4.78 is 11.1. The fraction of sp³-hybridized carbons (Fsp3) is 0.286. The third-order valence-corrected chi connectivity index (χ3v) is 6.55. The van der Waals surface area contributed by atoms with Crippen molar-refractivity contribution in [3.8, 4) is 11.5 Å². The number of primary amides is 1. The van der Waals surface area contributed by atoms with E-state index in [0.29, 0.717) is 48.2 Å². The van der Waals surface area contributed by atoms with Crippen molar-refractivity contribution in [2.75, 3.05) is 26.3 Å². The highest BCUT2D eigenvalue weighted by Crippen LogP contribution is 2.39. The fourth-order valence-corrected chi connectivity index (χ4v) is 5.16. The molecule has 0 bridgehead atoms. The normalized spacial score (nSPS) is 18.2. The van der Waals surface area contributed by atoms with Gasteiger partial charge in [-0.2, -0.15) is 0 Å². The topological polar surface area (TPSA) is 94.8 Å². The van der Waals surface area contributed by atoms with Crippen LogP contribution in [-0.2, 0) is 0 Å². The third-order valence-electron chi connectivity index (χ3n) is 5.40. The smallest absolute Gasteiger partial charge is 0.259 e. The van der Waals surface area contributed by atoms with E-state index in [-0.39, 0.29) is 11.8 Å². The van der Waals surface area contributed by atoms with Gasteiger partial charge in [-0.25, -0.2) is 4.98 Å². The van der Waals surface area contributed by atoms with Crippen LogP contribution in [0.4, 0.5) is 0 Å². The van der Waals surface area contributed by atoms with E-state index in [0.717, 1.165) is 22.2 Å². The largest absolute Gasteiger partial charge is 0.486 e. The van der Waals surface area contributed by atoms with Gasteiger partial charge in [-0.15, -0.1) is 11.3 Å². The minimum atomic E-state index is -0.445. The van der Waals surface area contributed by atoms with Crippen LogP contribution in [-0.4, -0.2) is 48.0 Å². The fourth-order valence-electron chi connectivity index (χ4n) is 4.08. The molecule has 0 spiro atoms. The van der Waals surface area contributed by atoms with Gasteiger partial charge in [-0.1, -0.05) is 6.07 Å². The summed E-state index contributed by atoms with van der Waals surface area (Å²) in [7, 11) is 0. The van der Waals surface area contributed by atoms with Crippen LogP contribution in [0, 0.1) is 0 Å². The maximum absolute atomic E-state index is 13.1. The molecule has 3 aromatic rings. The molecule has 29 heavy (non-hydrogen) atoms. The molecule has 1 atom stereocenters. The number of carbonyl (C=O) groups is 2. The Morgan fingerprint density at radius 1 is 1.17 bits per heavy atom. The Labute approximate surface area is 171 Å². The predicted molar refractivity (Wildman–Crippen MR) is 109 cm³/mol. The molecular formula is C21H19N3O4S. The highest BCUT2D eigenvalue weighted by Gasteiger charge is 2.33. The van der Waals surface area contributed by atoms with Crippen LogP contribution in [0.3, 0.4) is 0 Å². The number of nitrogens with zero attached hydrogens (tertiary/aromatic N) is 2. The summed E-state index contributed by atoms with van der Waals surface area (Å²) in [6.07, 6.45) is 2.48. The number of hydrogen-bond acceptors (Lipinski definition) is 6. The number of pyridine rings is 1. The Hall–Kier alpha value is -3.13. The van der Waals surface area contributed by atoms with E-state index in [1.54, 1.807) is 24.4 Å². The molecule has 4 heterocycles. The number of hydrogen-bond donors (Lipinski definition) is 1. The highest BCUT2D eigenvalue weighted by molar-refractivity contribution is 7.20. The van der Waals surface area contributed by atoms with Crippen molar-refractivity contribution >= 4 is 33.4 Å². The summed E-state index contributed by atoms with van der Waals surface area (Å²) in [6.45, 7) is 2.15. The number of carbonyl (C=O) groups excluding carboxylic acids is 2. The van der Waals surface area contributed by atoms with E-state index in [1.807, 2.05) is 17.0 Å². The Kier molecular flexibility index (Phi) is 4.35. The first-order chi connectivity index (χ1) is 14.1. The Morgan fingerprint density at radius 2 is 2.00 bits per heavy atom. The SMILES string of the molecule is NC(=O)c1sc2ncccc2c1[C@H]1CCN(C(=O)c2ccc3c(c2)OCCO3)C1. The van der Waals surface area contributed by atoms with Gasteiger partial charge in [-0.05, 0) is 36.2 Å². The number of nitrogens with two attached hydrogens (primary N) is 1. The molecule has 1 saturated heterocycles. The number of ether oxygens (including phenoxy) is 2. The lowest BCUT2D eigenvalue weighted by Crippen LogP contribution is -2.29. The number of benzene rings is 1. The first-order valence-corrected chi connectivity index (χ1v) is 10.3. The van der Waals surface area contributed by atoms with Crippen molar-refractivity contribution in [1.82, 2.24) is 9.88 Å². The van der Waals surface area contributed by atoms with Gasteiger partial charge in [0.1, 0.15) is 18.0 Å². The average molecular weight is 409 g/mol. The van der Waals surface area contributed by atoms with Crippen LogP contribution in [0.1, 0.15) is 37.9 Å². The zero-order valence-electron chi connectivity index (χ0n) is 15.6. The van der Waals surface area contributed by atoms with Crippen LogP contribution in [0.2, 0.25) is 0 Å². The van der Waals surface area contributed by atoms with Crippen LogP contribution in [0.5, 0.6) is 11.5 Å². The second-order valence-electron chi connectivity index (χ2n) is 7.16. The summed E-state index contributed by atoms with van der Waals surface area (Å²) in [6, 6.07) is 9.10. The van der Waals surface area contributed by atoms with Crippen LogP contribution < -0.4 is 15.2 Å². The van der Waals surface area contributed by atoms with Gasteiger partial charge in [0.15, 0.2) is 11.5 Å². The first-order valence-electron chi connectivity index (χ1n) is 9.48. The maximum Gasteiger partial charge on any atom is 0.259 e. The molecule has 2 amide bonds. The first kappa shape index (κ1) is 17.9. The summed E-state index contributed by atoms with van der Waals surface area (Å²) in [5.74, 6) is 0.818. The van der Waals surface area contributed by atoms with E-state index in [4.69, 9.17) is 15.2 Å². The summed E-state index contributed by atoms with van der Waals surface area (Å²) in [5.41, 5.74) is 7.12. The standard InChI is InChI=1S/C21H19N3O4S/c22-19(25)18-17(14-2-1-6-23-20(14)29-18)13-5-7-24(11-13)21(26)12-3-4-15-16(10-12)28-9-8-27-15/h1-4,6,10,13H,5,7-9,11H2,(H2,22,25)/t13-/m0/s1. The summed E-state index contributed by atoms with van der Waals surface area (Å²) >= 11 is 1.32. The number of fused-ring (bicyclic) bond motifs is 2. The zero-order valence-corrected chi connectivity index (χ0v) is 16.4. The van der Waals surface area contributed by atoms with Crippen LogP contribution in [0.15, 0.2) is 36.5 Å². The van der Waals surface area contributed by atoms with Crippen LogP contribution >= 0.6 is 11.3 Å². The van der Waals surface area contributed by atoms with Gasteiger partial charge in [0.05, 0.1) is 4.88 Å². The molecule has 2 aliphatic heterocycles. The van der Waals surface area contributed by atoms with Gasteiger partial charge >= 0.3 is 0 Å². The summed E-state index contributed by atoms with van der Waals surface area (Å²) in [5, 5.41) is 0.949. The third kappa shape index (κ3) is 3.09. The second-order valence-corrected chi connectivity index (χ2v) is 8.16. The second kappa shape index (κ2) is 7.04. The van der Waals surface area contributed by atoms with Gasteiger partial charge in [-0.3, -0.25) is 9.59 Å². The van der Waals surface area contributed by atoms with Crippen molar-refractivity contribution in [3.05, 3.63) is 52.5 Å². The maximum atomic E-state index is 13.1. The van der Waals surface area contributed by atoms with Gasteiger partial charge in [0.25, 0.3) is 11.8 Å². The van der Waals surface area contributed by atoms with Crippen molar-refractivity contribution in [1.29, 1.82) is 0 Å². The van der Waals surface area contributed by atoms with Crippen LogP contribution in [0.25, 0.3) is 10.2 Å². The molecular weight excluding hydrogens is 390 g/mol. The van der Waals surface area contributed by atoms with Crippen molar-refractivity contribution in [3.63, 3.8) is 0 Å². The molecule has 148 valence electrons. The van der Waals surface area contributed by atoms with Gasteiger partial charge in [0, 0.05) is 36.2 Å². The van der Waals surface area contributed by atoms with Gasteiger partial charge in [0.2, 0.25) is 0 Å². The Balaban J connectivity index is 1.42. The van der Waals surface area contributed by atoms with Crippen molar-refractivity contribution in [2.24, 2.45) is 5.73 Å². The lowest BCUT2D eigenvalue weighted by atomic mass is 9.95. The van der Waals surface area contributed by atoms with E-state index in [1.165, 1.54) is 11.3 Å². The molecule has 1 aromatic carbocycles. The molecule has 8 heteroatoms. The van der Waals surface area contributed by atoms with Crippen molar-refractivity contribution < 1.29 is 19.1 Å². The summed E-state index contributed by atoms with van der Waals surface area (Å²) in [4.78, 5) is 32.6. The quantitative estimate of drug-likeness (QED) is 0.718. The average Bonchev–Trinajstić information content (AvgIpc) is 3.37. The lowest BCUT2D eigenvalue weighted by Gasteiger charge is -2.21. The molecule has 2 aromatic heterocycles. The molecule has 0 unspecified atom stereocenters. The minimum absolute atomic E-state index is 0.0524. The monoisotopic (exact) mass is 409 g/mol. The molecule has 2 N–H and O–H groups in total. The molecule has 0 saturated carbocycles.